The third-order valence-electron chi connectivity index (χ3n) is 5.99. The third-order valence-corrected chi connectivity index (χ3v) is 7.18. The van der Waals surface area contributed by atoms with Gasteiger partial charge in [0.2, 0.25) is 0 Å². The topological polar surface area (TPSA) is 38.9 Å². The van der Waals surface area contributed by atoms with E-state index in [1.165, 1.54) is 26.4 Å². The van der Waals surface area contributed by atoms with Gasteiger partial charge in [0.25, 0.3) is 0 Å². The van der Waals surface area contributed by atoms with Gasteiger partial charge in [0, 0.05) is 34.5 Å². The molecule has 0 amide bonds. The van der Waals surface area contributed by atoms with Crippen LogP contribution >= 0.6 is 11.3 Å². The average molecular weight is 435 g/mol. The molecule has 6 rings (SSSR count). The molecule has 0 radical (unpaired) electrons. The lowest BCUT2D eigenvalue weighted by atomic mass is 9.82. The first-order valence-electron chi connectivity index (χ1n) is 10.7. The van der Waals surface area contributed by atoms with Crippen molar-refractivity contribution in [2.24, 2.45) is 0 Å². The quantitative estimate of drug-likeness (QED) is 0.275. The van der Waals surface area contributed by atoms with Crippen LogP contribution in [-0.2, 0) is 5.41 Å². The van der Waals surface area contributed by atoms with Crippen molar-refractivity contribution >= 4 is 43.3 Å². The summed E-state index contributed by atoms with van der Waals surface area (Å²) in [7, 11) is 0. The lowest BCUT2D eigenvalue weighted by molar-refractivity contribution is 0.596. The minimum Gasteiger partial charge on any atom is -0.462 e. The van der Waals surface area contributed by atoms with E-state index in [0.717, 1.165) is 32.8 Å². The zero-order valence-corrected chi connectivity index (χ0v) is 19.0. The molecule has 6 aromatic rings. The highest BCUT2D eigenvalue weighted by atomic mass is 32.1. The van der Waals surface area contributed by atoms with Crippen LogP contribution in [0.2, 0.25) is 0 Å². The number of thiophene rings is 1. The molecule has 0 spiro atoms. The minimum absolute atomic E-state index is 0.0338. The molecular weight excluding hydrogens is 412 g/mol. The van der Waals surface area contributed by atoms with E-state index in [-0.39, 0.29) is 5.41 Å². The molecule has 0 saturated carbocycles. The number of hydrogen-bond acceptors (Lipinski definition) is 4. The van der Waals surface area contributed by atoms with Gasteiger partial charge in [-0.05, 0) is 57.5 Å². The Morgan fingerprint density at radius 1 is 0.844 bits per heavy atom. The van der Waals surface area contributed by atoms with E-state index < -0.39 is 0 Å². The van der Waals surface area contributed by atoms with Crippen molar-refractivity contribution in [3.8, 4) is 21.7 Å². The first-order valence-corrected chi connectivity index (χ1v) is 11.6. The van der Waals surface area contributed by atoms with Gasteiger partial charge in [0.1, 0.15) is 5.52 Å². The number of hydrogen-bond donors (Lipinski definition) is 0. The number of rotatable bonds is 2. The standard InChI is InChI=1S/C28H22N2OS/c1-28(2,3)22-15-19(14-17-6-4-5-7-20(17)22)25-27-18(8-11-30-25)16-24(32-27)21-9-12-29-23-10-13-31-26(21)23/h4-16H,1-3H3. The Hall–Kier alpha value is -3.50. The molecule has 4 aromatic heterocycles. The second kappa shape index (κ2) is 7.01. The van der Waals surface area contributed by atoms with Crippen LogP contribution in [0.1, 0.15) is 26.3 Å². The molecule has 0 bridgehead atoms. The SMILES string of the molecule is CC(C)(C)c1cc(-c2nccc3cc(-c4ccnc5ccoc45)sc23)cc2ccccc12. The van der Waals surface area contributed by atoms with Crippen molar-refractivity contribution in [3.63, 3.8) is 0 Å². The summed E-state index contributed by atoms with van der Waals surface area (Å²) in [6.45, 7) is 6.82. The highest BCUT2D eigenvalue weighted by Gasteiger charge is 2.20. The van der Waals surface area contributed by atoms with Gasteiger partial charge >= 0.3 is 0 Å². The molecule has 32 heavy (non-hydrogen) atoms. The normalized spacial score (nSPS) is 12.2. The Morgan fingerprint density at radius 3 is 2.56 bits per heavy atom. The van der Waals surface area contributed by atoms with Gasteiger partial charge in [0.15, 0.2) is 5.58 Å². The van der Waals surface area contributed by atoms with Gasteiger partial charge in [-0.2, -0.15) is 0 Å². The zero-order chi connectivity index (χ0) is 21.9. The van der Waals surface area contributed by atoms with E-state index in [2.05, 4.69) is 74.3 Å². The van der Waals surface area contributed by atoms with Crippen LogP contribution in [0.5, 0.6) is 0 Å². The fourth-order valence-corrected chi connectivity index (χ4v) is 5.63. The Labute approximate surface area is 190 Å². The number of benzene rings is 2. The van der Waals surface area contributed by atoms with Crippen LogP contribution in [0.15, 0.2) is 83.7 Å². The Bertz CT molecular complexity index is 1620. The predicted octanol–water partition coefficient (Wildman–Crippen LogP) is 8.22. The smallest absolute Gasteiger partial charge is 0.160 e. The van der Waals surface area contributed by atoms with Gasteiger partial charge in [-0.1, -0.05) is 45.0 Å². The molecule has 0 fully saturated rings. The van der Waals surface area contributed by atoms with Crippen LogP contribution in [0.25, 0.3) is 53.7 Å². The molecular formula is C28H22N2OS. The molecule has 0 aliphatic rings. The molecule has 2 aromatic carbocycles. The Morgan fingerprint density at radius 2 is 1.69 bits per heavy atom. The van der Waals surface area contributed by atoms with Crippen LogP contribution < -0.4 is 0 Å². The third kappa shape index (κ3) is 3.02. The maximum absolute atomic E-state index is 5.74. The average Bonchev–Trinajstić information content (AvgIpc) is 3.44. The van der Waals surface area contributed by atoms with E-state index in [0.29, 0.717) is 0 Å². The summed E-state index contributed by atoms with van der Waals surface area (Å²) >= 11 is 1.76. The summed E-state index contributed by atoms with van der Waals surface area (Å²) < 4.78 is 6.93. The predicted molar refractivity (Wildman–Crippen MR) is 134 cm³/mol. The first kappa shape index (κ1) is 19.2. The second-order valence-electron chi connectivity index (χ2n) is 9.18. The molecule has 0 aliphatic heterocycles. The van der Waals surface area contributed by atoms with Crippen LogP contribution in [0, 0.1) is 0 Å². The lowest BCUT2D eigenvalue weighted by Gasteiger charge is -2.22. The van der Waals surface area contributed by atoms with Gasteiger partial charge < -0.3 is 4.42 Å². The summed E-state index contributed by atoms with van der Waals surface area (Å²) in [4.78, 5) is 10.4. The highest BCUT2D eigenvalue weighted by Crippen LogP contribution is 2.42. The van der Waals surface area contributed by atoms with E-state index in [1.54, 1.807) is 17.6 Å². The van der Waals surface area contributed by atoms with Gasteiger partial charge in [-0.15, -0.1) is 11.3 Å². The minimum atomic E-state index is 0.0338. The number of aromatic nitrogens is 2. The highest BCUT2D eigenvalue weighted by molar-refractivity contribution is 7.22. The molecule has 156 valence electrons. The molecule has 0 saturated heterocycles. The number of nitrogens with zero attached hydrogens (tertiary/aromatic N) is 2. The summed E-state index contributed by atoms with van der Waals surface area (Å²) in [5.41, 5.74) is 6.34. The fourth-order valence-electron chi connectivity index (χ4n) is 4.44. The van der Waals surface area contributed by atoms with Crippen molar-refractivity contribution in [2.75, 3.05) is 0 Å². The molecule has 4 heteroatoms. The van der Waals surface area contributed by atoms with Crippen molar-refractivity contribution < 1.29 is 4.42 Å². The van der Waals surface area contributed by atoms with Crippen LogP contribution in [-0.4, -0.2) is 9.97 Å². The Kier molecular flexibility index (Phi) is 4.21. The Balaban J connectivity index is 1.60. The number of furan rings is 1. The molecule has 4 heterocycles. The number of pyridine rings is 2. The number of fused-ring (bicyclic) bond motifs is 3. The van der Waals surface area contributed by atoms with Crippen molar-refractivity contribution in [3.05, 3.63) is 84.9 Å². The van der Waals surface area contributed by atoms with Gasteiger partial charge in [0.05, 0.1) is 16.7 Å². The maximum Gasteiger partial charge on any atom is 0.160 e. The zero-order valence-electron chi connectivity index (χ0n) is 18.2. The fraction of sp³-hybridized carbons (Fsp3) is 0.143. The van der Waals surface area contributed by atoms with Crippen molar-refractivity contribution in [2.45, 2.75) is 26.2 Å². The van der Waals surface area contributed by atoms with Crippen molar-refractivity contribution in [1.29, 1.82) is 0 Å². The van der Waals surface area contributed by atoms with E-state index >= 15 is 0 Å². The van der Waals surface area contributed by atoms with E-state index in [4.69, 9.17) is 9.40 Å². The maximum atomic E-state index is 5.74. The second-order valence-corrected chi connectivity index (χ2v) is 10.2. The molecule has 0 N–H and O–H groups in total. The van der Waals surface area contributed by atoms with Crippen molar-refractivity contribution in [1.82, 2.24) is 9.97 Å². The molecule has 0 atom stereocenters. The molecule has 0 aliphatic carbocycles. The van der Waals surface area contributed by atoms with Gasteiger partial charge in [-0.25, -0.2) is 0 Å². The first-order chi connectivity index (χ1) is 15.5. The van der Waals surface area contributed by atoms with E-state index in [9.17, 15) is 0 Å². The summed E-state index contributed by atoms with van der Waals surface area (Å²) in [6.07, 6.45) is 5.45. The lowest BCUT2D eigenvalue weighted by Crippen LogP contribution is -2.12. The monoisotopic (exact) mass is 434 g/mol. The summed E-state index contributed by atoms with van der Waals surface area (Å²) in [5, 5.41) is 3.74. The molecule has 0 unspecified atom stereocenters. The van der Waals surface area contributed by atoms with Crippen LogP contribution in [0.4, 0.5) is 0 Å². The summed E-state index contributed by atoms with van der Waals surface area (Å²) in [5.74, 6) is 0. The largest absolute Gasteiger partial charge is 0.462 e. The molecule has 3 nitrogen and oxygen atoms in total. The van der Waals surface area contributed by atoms with E-state index in [1.807, 2.05) is 24.5 Å². The van der Waals surface area contributed by atoms with Crippen LogP contribution in [0.3, 0.4) is 0 Å². The summed E-state index contributed by atoms with van der Waals surface area (Å²) in [6, 6.07) is 21.5. The van der Waals surface area contributed by atoms with Gasteiger partial charge in [-0.3, -0.25) is 9.97 Å².